The van der Waals surface area contributed by atoms with Gasteiger partial charge in [-0.25, -0.2) is 4.98 Å². The van der Waals surface area contributed by atoms with Crippen LogP contribution in [0.2, 0.25) is 0 Å². The summed E-state index contributed by atoms with van der Waals surface area (Å²) in [5, 5.41) is 30.0. The van der Waals surface area contributed by atoms with Gasteiger partial charge < -0.3 is 15.3 Å². The number of nitrogens with zero attached hydrogens (tertiary/aromatic N) is 5. The summed E-state index contributed by atoms with van der Waals surface area (Å²) in [6, 6.07) is 5.80. The molecule has 164 valence electrons. The van der Waals surface area contributed by atoms with Crippen molar-refractivity contribution in [3.05, 3.63) is 36.3 Å². The van der Waals surface area contributed by atoms with E-state index >= 15 is 0 Å². The van der Waals surface area contributed by atoms with Crippen LogP contribution in [0.4, 0.5) is 5.95 Å². The summed E-state index contributed by atoms with van der Waals surface area (Å²) in [6.45, 7) is 10.9. The summed E-state index contributed by atoms with van der Waals surface area (Å²) < 4.78 is 0. The molecular formula is C23H31N7O. The van der Waals surface area contributed by atoms with E-state index < -0.39 is 0 Å². The summed E-state index contributed by atoms with van der Waals surface area (Å²) in [5.41, 5.74) is 4.01. The Hall–Kier alpha value is -3.00. The third kappa shape index (κ3) is 4.39. The molecule has 3 N–H and O–H groups in total. The topological polar surface area (TPSA) is 103 Å². The number of benzene rings is 1. The Morgan fingerprint density at radius 3 is 2.29 bits per heavy atom. The number of hydrogen-bond acceptors (Lipinski definition) is 7. The minimum Gasteiger partial charge on any atom is -0.507 e. The number of rotatable bonds is 4. The number of aromatic nitrogens is 5. The molecule has 3 heterocycles. The lowest BCUT2D eigenvalue weighted by atomic mass is 9.79. The molecule has 4 rings (SSSR count). The standard InChI is InChI=1S/C23H31N7O/c1-14-18(12-25-26-14)15-7-8-17(20(31)9-15)19-13-24-21(28-27-19)30(6)16-10-22(2,3)29-23(4,5)11-16/h7-9,12-13,16,29,31H,10-11H2,1-6H3,(H,25,26). The Labute approximate surface area is 183 Å². The Morgan fingerprint density at radius 1 is 1.03 bits per heavy atom. The van der Waals surface area contributed by atoms with Crippen LogP contribution in [0.5, 0.6) is 5.75 Å². The second-order valence-electron chi connectivity index (χ2n) is 9.85. The van der Waals surface area contributed by atoms with E-state index in [-0.39, 0.29) is 16.8 Å². The van der Waals surface area contributed by atoms with Crippen LogP contribution >= 0.6 is 0 Å². The minimum atomic E-state index is 0.0366. The highest BCUT2D eigenvalue weighted by Gasteiger charge is 2.39. The molecule has 8 heteroatoms. The van der Waals surface area contributed by atoms with Crippen LogP contribution in [0.3, 0.4) is 0 Å². The number of nitrogens with one attached hydrogen (secondary N) is 2. The summed E-state index contributed by atoms with van der Waals surface area (Å²) in [6.07, 6.45) is 5.41. The lowest BCUT2D eigenvalue weighted by molar-refractivity contribution is 0.160. The highest BCUT2D eigenvalue weighted by molar-refractivity contribution is 5.74. The molecule has 31 heavy (non-hydrogen) atoms. The van der Waals surface area contributed by atoms with Gasteiger partial charge in [0.05, 0.1) is 12.4 Å². The van der Waals surface area contributed by atoms with Gasteiger partial charge in [-0.05, 0) is 65.2 Å². The predicted octanol–water partition coefficient (Wildman–Crippen LogP) is 3.69. The van der Waals surface area contributed by atoms with Crippen molar-refractivity contribution in [3.63, 3.8) is 0 Å². The molecule has 0 saturated carbocycles. The normalized spacial score (nSPS) is 18.1. The van der Waals surface area contributed by atoms with E-state index in [4.69, 9.17) is 0 Å². The second-order valence-corrected chi connectivity index (χ2v) is 9.85. The molecule has 0 bridgehead atoms. The summed E-state index contributed by atoms with van der Waals surface area (Å²) in [7, 11) is 2.03. The molecule has 8 nitrogen and oxygen atoms in total. The van der Waals surface area contributed by atoms with Crippen LogP contribution in [0.1, 0.15) is 46.2 Å². The van der Waals surface area contributed by atoms with Crippen LogP contribution in [0, 0.1) is 6.92 Å². The van der Waals surface area contributed by atoms with Gasteiger partial charge in [-0.2, -0.15) is 5.10 Å². The fourth-order valence-corrected chi connectivity index (χ4v) is 4.82. The van der Waals surface area contributed by atoms with Crippen LogP contribution < -0.4 is 10.2 Å². The van der Waals surface area contributed by atoms with Gasteiger partial charge in [-0.1, -0.05) is 6.07 Å². The maximum atomic E-state index is 10.6. The molecule has 1 aliphatic heterocycles. The van der Waals surface area contributed by atoms with Gasteiger partial charge in [0.2, 0.25) is 5.95 Å². The number of phenols is 1. The average Bonchev–Trinajstić information content (AvgIpc) is 3.11. The molecule has 1 fully saturated rings. The van der Waals surface area contributed by atoms with Gasteiger partial charge in [-0.3, -0.25) is 5.10 Å². The molecule has 1 aromatic carbocycles. The molecule has 0 atom stereocenters. The van der Waals surface area contributed by atoms with Crippen LogP contribution in [0.25, 0.3) is 22.4 Å². The molecule has 1 aliphatic rings. The van der Waals surface area contributed by atoms with Gasteiger partial charge in [0, 0.05) is 41.0 Å². The highest BCUT2D eigenvalue weighted by Crippen LogP contribution is 2.34. The first-order chi connectivity index (χ1) is 14.5. The number of piperidine rings is 1. The van der Waals surface area contributed by atoms with E-state index in [0.29, 0.717) is 23.2 Å². The number of aromatic hydroxyl groups is 1. The van der Waals surface area contributed by atoms with Crippen molar-refractivity contribution >= 4 is 5.95 Å². The summed E-state index contributed by atoms with van der Waals surface area (Å²) in [5.74, 6) is 0.726. The van der Waals surface area contributed by atoms with Crippen molar-refractivity contribution in [2.45, 2.75) is 64.6 Å². The summed E-state index contributed by atoms with van der Waals surface area (Å²) in [4.78, 5) is 6.68. The Bertz CT molecular complexity index is 1060. The maximum absolute atomic E-state index is 10.6. The number of aryl methyl sites for hydroxylation is 1. The van der Waals surface area contributed by atoms with E-state index in [2.05, 4.69) is 63.3 Å². The third-order valence-corrected chi connectivity index (χ3v) is 6.00. The van der Waals surface area contributed by atoms with Gasteiger partial charge in [0.15, 0.2) is 0 Å². The molecule has 0 unspecified atom stereocenters. The lowest BCUT2D eigenvalue weighted by Gasteiger charge is -2.48. The maximum Gasteiger partial charge on any atom is 0.245 e. The van der Waals surface area contributed by atoms with Crippen molar-refractivity contribution in [3.8, 4) is 28.1 Å². The van der Waals surface area contributed by atoms with Crippen LogP contribution in [-0.2, 0) is 0 Å². The smallest absolute Gasteiger partial charge is 0.245 e. The number of H-pyrrole nitrogens is 1. The van der Waals surface area contributed by atoms with Gasteiger partial charge in [0.1, 0.15) is 11.4 Å². The Balaban J connectivity index is 1.55. The zero-order valence-electron chi connectivity index (χ0n) is 19.1. The minimum absolute atomic E-state index is 0.0366. The molecule has 3 aromatic rings. The molecular weight excluding hydrogens is 390 g/mol. The summed E-state index contributed by atoms with van der Waals surface area (Å²) >= 11 is 0. The van der Waals surface area contributed by atoms with E-state index in [1.807, 2.05) is 26.1 Å². The van der Waals surface area contributed by atoms with Crippen molar-refractivity contribution in [1.29, 1.82) is 0 Å². The lowest BCUT2D eigenvalue weighted by Crippen LogP contribution is -2.62. The van der Waals surface area contributed by atoms with Gasteiger partial charge in [0.25, 0.3) is 0 Å². The van der Waals surface area contributed by atoms with Gasteiger partial charge in [-0.15, -0.1) is 10.2 Å². The third-order valence-electron chi connectivity index (χ3n) is 6.00. The second kappa shape index (κ2) is 7.60. The van der Waals surface area contributed by atoms with Crippen LogP contribution in [0.15, 0.2) is 30.6 Å². The predicted molar refractivity (Wildman–Crippen MR) is 122 cm³/mol. The van der Waals surface area contributed by atoms with Crippen molar-refractivity contribution < 1.29 is 5.11 Å². The fraction of sp³-hybridized carbons (Fsp3) is 0.478. The molecule has 0 spiro atoms. The molecule has 0 aliphatic carbocycles. The zero-order chi connectivity index (χ0) is 22.4. The first kappa shape index (κ1) is 21.2. The average molecular weight is 422 g/mol. The number of hydrogen-bond donors (Lipinski definition) is 3. The van der Waals surface area contributed by atoms with Crippen molar-refractivity contribution in [2.75, 3.05) is 11.9 Å². The Kier molecular flexibility index (Phi) is 5.21. The molecule has 0 radical (unpaired) electrons. The van der Waals surface area contributed by atoms with Crippen molar-refractivity contribution in [1.82, 2.24) is 30.7 Å². The van der Waals surface area contributed by atoms with E-state index in [1.54, 1.807) is 18.5 Å². The fourth-order valence-electron chi connectivity index (χ4n) is 4.82. The largest absolute Gasteiger partial charge is 0.507 e. The SMILES string of the molecule is Cc1[nH]ncc1-c1ccc(-c2cnc(N(C)C3CC(C)(C)NC(C)(C)C3)nn2)c(O)c1. The van der Waals surface area contributed by atoms with Crippen molar-refractivity contribution in [2.24, 2.45) is 0 Å². The van der Waals surface area contributed by atoms with E-state index in [0.717, 1.165) is 29.7 Å². The number of phenolic OH excluding ortho intramolecular Hbond substituents is 1. The van der Waals surface area contributed by atoms with Crippen LogP contribution in [-0.4, -0.2) is 54.7 Å². The van der Waals surface area contributed by atoms with Gasteiger partial charge >= 0.3 is 0 Å². The first-order valence-electron chi connectivity index (χ1n) is 10.6. The Morgan fingerprint density at radius 2 is 1.74 bits per heavy atom. The van der Waals surface area contributed by atoms with E-state index in [9.17, 15) is 5.11 Å². The quantitative estimate of drug-likeness (QED) is 0.590. The number of aromatic amines is 1. The zero-order valence-corrected chi connectivity index (χ0v) is 19.1. The van der Waals surface area contributed by atoms with E-state index in [1.165, 1.54) is 0 Å². The molecule has 1 saturated heterocycles. The first-order valence-corrected chi connectivity index (χ1v) is 10.6. The highest BCUT2D eigenvalue weighted by atomic mass is 16.3. The number of anilines is 1. The molecule has 2 aromatic heterocycles. The molecule has 0 amide bonds. The monoisotopic (exact) mass is 421 g/mol.